The van der Waals surface area contributed by atoms with Crippen molar-refractivity contribution in [2.75, 3.05) is 165 Å². The van der Waals surface area contributed by atoms with E-state index in [-0.39, 0.29) is 13.2 Å². The highest BCUT2D eigenvalue weighted by Crippen LogP contribution is 1.87. The van der Waals surface area contributed by atoms with Crippen molar-refractivity contribution in [3.05, 3.63) is 0 Å². The molecule has 0 aliphatic heterocycles. The number of carboxylic acid groups (broad SMARTS) is 1. The normalized spacial score (nSPS) is 11.4. The van der Waals surface area contributed by atoms with Gasteiger partial charge in [0.1, 0.15) is 6.61 Å². The highest BCUT2D eigenvalue weighted by Gasteiger charge is 1.97. The van der Waals surface area contributed by atoms with Crippen molar-refractivity contribution < 1.29 is 66.7 Å². The van der Waals surface area contributed by atoms with Crippen molar-refractivity contribution in [1.29, 1.82) is 0 Å². The summed E-state index contributed by atoms with van der Waals surface area (Å²) in [4.78, 5) is 10.3. The van der Waals surface area contributed by atoms with Gasteiger partial charge in [-0.3, -0.25) is 0 Å². The first kappa shape index (κ1) is 40.0. The van der Waals surface area contributed by atoms with Crippen molar-refractivity contribution in [3.8, 4) is 0 Å². The summed E-state index contributed by atoms with van der Waals surface area (Å²) in [6, 6.07) is 0. The fourth-order valence-electron chi connectivity index (χ4n) is 2.66. The van der Waals surface area contributed by atoms with E-state index in [9.17, 15) is 4.79 Å². The predicted octanol–water partition coefficient (Wildman–Crippen LogP) is -0.771. The van der Waals surface area contributed by atoms with Crippen molar-refractivity contribution in [3.63, 3.8) is 0 Å². The maximum absolute atomic E-state index is 10.3. The third-order valence-corrected chi connectivity index (χ3v) is 4.58. The number of ether oxygens (including phenoxy) is 12. The number of carboxylic acids is 1. The molecular formula is C26H53NO14. The van der Waals surface area contributed by atoms with Crippen LogP contribution in [-0.2, 0) is 61.6 Å². The zero-order valence-electron chi connectivity index (χ0n) is 24.5. The van der Waals surface area contributed by atoms with E-state index < -0.39 is 5.97 Å². The lowest BCUT2D eigenvalue weighted by Crippen LogP contribution is -2.16. The van der Waals surface area contributed by atoms with Gasteiger partial charge in [-0.05, 0) is 0 Å². The SMILES string of the molecule is NCCOCCOCCOCCOCCOCCOCCOCCOCCOCCOCCOCCOCC(=O)O. The van der Waals surface area contributed by atoms with Gasteiger partial charge in [-0.25, -0.2) is 4.79 Å². The maximum Gasteiger partial charge on any atom is 0.329 e. The largest absolute Gasteiger partial charge is 0.480 e. The highest BCUT2D eigenvalue weighted by molar-refractivity contribution is 5.67. The molecule has 0 atom stereocenters. The third kappa shape index (κ3) is 39.0. The molecule has 0 saturated heterocycles. The Bertz CT molecular complexity index is 507. The molecule has 0 heterocycles. The van der Waals surface area contributed by atoms with Crippen LogP contribution in [0, 0.1) is 0 Å². The topological polar surface area (TPSA) is 174 Å². The smallest absolute Gasteiger partial charge is 0.329 e. The molecule has 246 valence electrons. The van der Waals surface area contributed by atoms with Crippen LogP contribution in [0.5, 0.6) is 0 Å². The van der Waals surface area contributed by atoms with Gasteiger partial charge in [0.2, 0.25) is 0 Å². The maximum atomic E-state index is 10.3. The van der Waals surface area contributed by atoms with Crippen LogP contribution in [0.25, 0.3) is 0 Å². The quantitative estimate of drug-likeness (QED) is 0.0847. The molecule has 0 aromatic rings. The van der Waals surface area contributed by atoms with Gasteiger partial charge in [0, 0.05) is 6.54 Å². The van der Waals surface area contributed by atoms with Crippen LogP contribution in [0.2, 0.25) is 0 Å². The molecule has 0 unspecified atom stereocenters. The molecule has 0 aliphatic carbocycles. The zero-order valence-corrected chi connectivity index (χ0v) is 24.5. The van der Waals surface area contributed by atoms with Gasteiger partial charge < -0.3 is 67.7 Å². The minimum atomic E-state index is -0.996. The van der Waals surface area contributed by atoms with E-state index in [1.165, 1.54) is 0 Å². The van der Waals surface area contributed by atoms with Crippen LogP contribution in [0.1, 0.15) is 0 Å². The number of hydrogen-bond acceptors (Lipinski definition) is 14. The molecule has 0 aliphatic rings. The summed E-state index contributed by atoms with van der Waals surface area (Å²) in [6.07, 6.45) is 0. The summed E-state index contributed by atoms with van der Waals surface area (Å²) in [6.45, 7) is 11.2. The Morgan fingerprint density at radius 2 is 0.512 bits per heavy atom. The molecule has 15 nitrogen and oxygen atoms in total. The van der Waals surface area contributed by atoms with Gasteiger partial charge in [-0.15, -0.1) is 0 Å². The third-order valence-electron chi connectivity index (χ3n) is 4.58. The molecule has 0 spiro atoms. The van der Waals surface area contributed by atoms with Crippen molar-refractivity contribution in [1.82, 2.24) is 0 Å². The molecule has 0 amide bonds. The first-order valence-corrected chi connectivity index (χ1v) is 14.1. The first-order valence-electron chi connectivity index (χ1n) is 14.1. The van der Waals surface area contributed by atoms with E-state index in [2.05, 4.69) is 0 Å². The van der Waals surface area contributed by atoms with Gasteiger partial charge in [0.15, 0.2) is 0 Å². The first-order chi connectivity index (χ1) is 20.3. The average molecular weight is 604 g/mol. The van der Waals surface area contributed by atoms with Gasteiger partial charge in [-0.2, -0.15) is 0 Å². The van der Waals surface area contributed by atoms with Crippen LogP contribution in [-0.4, -0.2) is 176 Å². The van der Waals surface area contributed by atoms with Crippen LogP contribution < -0.4 is 5.73 Å². The Labute approximate surface area is 244 Å². The minimum Gasteiger partial charge on any atom is -0.480 e. The Morgan fingerprint density at radius 3 is 0.683 bits per heavy atom. The summed E-state index contributed by atoms with van der Waals surface area (Å²) in [7, 11) is 0. The monoisotopic (exact) mass is 603 g/mol. The van der Waals surface area contributed by atoms with Crippen LogP contribution in [0.3, 0.4) is 0 Å². The number of rotatable bonds is 37. The Balaban J connectivity index is 3.03. The lowest BCUT2D eigenvalue weighted by atomic mass is 10.6. The second-order valence-electron chi connectivity index (χ2n) is 7.97. The molecule has 0 fully saturated rings. The Kier molecular flexibility index (Phi) is 36.0. The summed E-state index contributed by atoms with van der Waals surface area (Å²) in [5.74, 6) is -0.996. The number of nitrogens with two attached hydrogens (primary N) is 1. The molecule has 0 radical (unpaired) electrons. The van der Waals surface area contributed by atoms with E-state index in [4.69, 9.17) is 67.7 Å². The summed E-state index contributed by atoms with van der Waals surface area (Å²) < 4.78 is 64.0. The van der Waals surface area contributed by atoms with Crippen LogP contribution in [0.15, 0.2) is 0 Å². The van der Waals surface area contributed by atoms with E-state index >= 15 is 0 Å². The Hall–Kier alpha value is -1.05. The summed E-state index contributed by atoms with van der Waals surface area (Å²) >= 11 is 0. The predicted molar refractivity (Wildman–Crippen MR) is 147 cm³/mol. The van der Waals surface area contributed by atoms with E-state index in [1.54, 1.807) is 0 Å². The molecule has 0 rings (SSSR count). The van der Waals surface area contributed by atoms with Crippen LogP contribution >= 0.6 is 0 Å². The standard InChI is InChI=1S/C26H53NO14/c27-1-2-30-3-4-31-5-6-32-7-8-33-9-10-34-11-12-35-13-14-36-15-16-37-17-18-38-19-20-39-21-22-40-23-24-41-25-26(28)29/h1-25,27H2,(H,28,29). The van der Waals surface area contributed by atoms with E-state index in [1.807, 2.05) is 0 Å². The van der Waals surface area contributed by atoms with Crippen LogP contribution in [0.4, 0.5) is 0 Å². The van der Waals surface area contributed by atoms with E-state index in [0.717, 1.165) is 0 Å². The van der Waals surface area contributed by atoms with Gasteiger partial charge in [-0.1, -0.05) is 0 Å². The fraction of sp³-hybridized carbons (Fsp3) is 0.962. The molecule has 0 aromatic carbocycles. The second kappa shape index (κ2) is 37.0. The minimum absolute atomic E-state index is 0.241. The lowest BCUT2D eigenvalue weighted by Gasteiger charge is -2.09. The number of carbonyl (C=O) groups is 1. The molecular weight excluding hydrogens is 550 g/mol. The molecule has 3 N–H and O–H groups in total. The van der Waals surface area contributed by atoms with Gasteiger partial charge in [0.05, 0.1) is 152 Å². The van der Waals surface area contributed by atoms with Crippen molar-refractivity contribution in [2.45, 2.75) is 0 Å². The lowest BCUT2D eigenvalue weighted by molar-refractivity contribution is -0.142. The zero-order chi connectivity index (χ0) is 29.7. The molecule has 0 aromatic heterocycles. The van der Waals surface area contributed by atoms with Gasteiger partial charge >= 0.3 is 5.97 Å². The van der Waals surface area contributed by atoms with Gasteiger partial charge in [0.25, 0.3) is 0 Å². The molecule has 15 heteroatoms. The molecule has 0 saturated carbocycles. The van der Waals surface area contributed by atoms with E-state index in [0.29, 0.717) is 152 Å². The molecule has 41 heavy (non-hydrogen) atoms. The fourth-order valence-corrected chi connectivity index (χ4v) is 2.66. The highest BCUT2D eigenvalue weighted by atomic mass is 16.6. The summed E-state index contributed by atoms with van der Waals surface area (Å²) in [5, 5.41) is 8.41. The van der Waals surface area contributed by atoms with Crippen molar-refractivity contribution in [2.24, 2.45) is 5.73 Å². The number of hydrogen-bond donors (Lipinski definition) is 2. The Morgan fingerprint density at radius 1 is 0.341 bits per heavy atom. The number of aliphatic carboxylic acids is 1. The summed E-state index contributed by atoms with van der Waals surface area (Å²) in [5.41, 5.74) is 5.32. The van der Waals surface area contributed by atoms with Crippen molar-refractivity contribution >= 4 is 5.97 Å². The second-order valence-corrected chi connectivity index (χ2v) is 7.97. The molecule has 0 bridgehead atoms. The average Bonchev–Trinajstić information content (AvgIpc) is 2.97.